The number of benzene rings is 2. The molecule has 0 aromatic heterocycles. The molecule has 100 valence electrons. The van der Waals surface area contributed by atoms with Crippen molar-refractivity contribution in [2.75, 3.05) is 0 Å². The van der Waals surface area contributed by atoms with E-state index >= 15 is 0 Å². The van der Waals surface area contributed by atoms with Crippen molar-refractivity contribution in [3.05, 3.63) is 69.5 Å². The predicted octanol–water partition coefficient (Wildman–Crippen LogP) is 4.62. The van der Waals surface area contributed by atoms with E-state index in [0.717, 1.165) is 6.07 Å². The minimum atomic E-state index is -1.15. The first-order valence-corrected chi connectivity index (χ1v) is 6.43. The summed E-state index contributed by atoms with van der Waals surface area (Å²) in [6, 6.07) is 12.1. The van der Waals surface area contributed by atoms with Gasteiger partial charge in [0.25, 0.3) is 0 Å². The Morgan fingerprint density at radius 3 is 2.50 bits per heavy atom. The van der Waals surface area contributed by atoms with Crippen LogP contribution in [-0.2, 0) is 0 Å². The fourth-order valence-electron chi connectivity index (χ4n) is 1.85. The molecule has 0 spiro atoms. The lowest BCUT2D eigenvalue weighted by Crippen LogP contribution is -2.13. The number of carbonyl (C=O) groups is 1. The molecule has 0 saturated carbocycles. The van der Waals surface area contributed by atoms with Gasteiger partial charge in [-0.1, -0.05) is 41.4 Å². The van der Waals surface area contributed by atoms with Gasteiger partial charge in [0.05, 0.1) is 16.7 Å². The van der Waals surface area contributed by atoms with Crippen LogP contribution in [0.15, 0.2) is 42.5 Å². The Balaban J connectivity index is 2.48. The van der Waals surface area contributed by atoms with Gasteiger partial charge in [-0.25, -0.2) is 4.39 Å². The molecular formula is C15H8Cl2FNO. The lowest BCUT2D eigenvalue weighted by molar-refractivity contribution is 0.0975. The Kier molecular flexibility index (Phi) is 4.39. The van der Waals surface area contributed by atoms with Crippen molar-refractivity contribution in [3.63, 3.8) is 0 Å². The average Bonchev–Trinajstić information content (AvgIpc) is 2.39. The highest BCUT2D eigenvalue weighted by atomic mass is 35.5. The molecule has 0 aliphatic carbocycles. The van der Waals surface area contributed by atoms with Crippen molar-refractivity contribution in [1.29, 1.82) is 5.26 Å². The van der Waals surface area contributed by atoms with E-state index in [1.807, 2.05) is 6.07 Å². The normalized spacial score (nSPS) is 11.7. The molecule has 0 fully saturated rings. The van der Waals surface area contributed by atoms with Crippen LogP contribution >= 0.6 is 23.2 Å². The van der Waals surface area contributed by atoms with Gasteiger partial charge in [-0.3, -0.25) is 4.79 Å². The molecule has 20 heavy (non-hydrogen) atoms. The molecule has 1 unspecified atom stereocenters. The summed E-state index contributed by atoms with van der Waals surface area (Å²) in [5, 5.41) is 9.59. The fourth-order valence-corrected chi connectivity index (χ4v) is 2.30. The van der Waals surface area contributed by atoms with Gasteiger partial charge in [-0.15, -0.1) is 0 Å². The third kappa shape index (κ3) is 2.82. The summed E-state index contributed by atoms with van der Waals surface area (Å²) < 4.78 is 13.8. The van der Waals surface area contributed by atoms with Crippen molar-refractivity contribution in [2.24, 2.45) is 0 Å². The Morgan fingerprint density at radius 1 is 1.20 bits per heavy atom. The highest BCUT2D eigenvalue weighted by Gasteiger charge is 2.26. The maximum absolute atomic E-state index is 13.8. The summed E-state index contributed by atoms with van der Waals surface area (Å²) in [4.78, 5) is 12.3. The van der Waals surface area contributed by atoms with Gasteiger partial charge in [0.15, 0.2) is 5.78 Å². The van der Waals surface area contributed by atoms with Gasteiger partial charge in [0.1, 0.15) is 11.7 Å². The molecule has 1 atom stereocenters. The SMILES string of the molecule is N#CC(C(=O)c1c(F)cccc1Cl)c1cccc(Cl)c1. The number of halogens is 3. The molecule has 2 aromatic carbocycles. The summed E-state index contributed by atoms with van der Waals surface area (Å²) in [5.74, 6) is -2.58. The van der Waals surface area contributed by atoms with Crippen LogP contribution in [0, 0.1) is 17.1 Å². The summed E-state index contributed by atoms with van der Waals surface area (Å²) in [7, 11) is 0. The third-order valence-corrected chi connectivity index (χ3v) is 3.33. The second-order valence-electron chi connectivity index (χ2n) is 4.08. The van der Waals surface area contributed by atoms with E-state index in [2.05, 4.69) is 0 Å². The van der Waals surface area contributed by atoms with Crippen LogP contribution in [-0.4, -0.2) is 5.78 Å². The van der Waals surface area contributed by atoms with Crippen molar-refractivity contribution >= 4 is 29.0 Å². The zero-order valence-electron chi connectivity index (χ0n) is 10.1. The van der Waals surface area contributed by atoms with Gasteiger partial charge in [0.2, 0.25) is 0 Å². The number of nitrogens with zero attached hydrogens (tertiary/aromatic N) is 1. The van der Waals surface area contributed by atoms with Gasteiger partial charge < -0.3 is 0 Å². The van der Waals surface area contributed by atoms with Crippen LogP contribution in [0.2, 0.25) is 10.0 Å². The average molecular weight is 308 g/mol. The van der Waals surface area contributed by atoms with E-state index < -0.39 is 17.5 Å². The molecule has 5 heteroatoms. The second kappa shape index (κ2) is 6.04. The highest BCUT2D eigenvalue weighted by molar-refractivity contribution is 6.34. The van der Waals surface area contributed by atoms with Crippen LogP contribution in [0.5, 0.6) is 0 Å². The summed E-state index contributed by atoms with van der Waals surface area (Å²) in [5.41, 5.74) is 0.130. The molecule has 0 radical (unpaired) electrons. The van der Waals surface area contributed by atoms with Crippen LogP contribution in [0.4, 0.5) is 4.39 Å². The number of ketones is 1. The van der Waals surface area contributed by atoms with Crippen molar-refractivity contribution in [3.8, 4) is 6.07 Å². The number of hydrogen-bond donors (Lipinski definition) is 0. The summed E-state index contributed by atoms with van der Waals surface area (Å²) >= 11 is 11.7. The zero-order valence-corrected chi connectivity index (χ0v) is 11.6. The van der Waals surface area contributed by atoms with Crippen molar-refractivity contribution < 1.29 is 9.18 Å². The van der Waals surface area contributed by atoms with Crippen molar-refractivity contribution in [1.82, 2.24) is 0 Å². The van der Waals surface area contributed by atoms with Crippen LogP contribution in [0.1, 0.15) is 21.8 Å². The van der Waals surface area contributed by atoms with Gasteiger partial charge in [-0.2, -0.15) is 5.26 Å². The van der Waals surface area contributed by atoms with Gasteiger partial charge in [0, 0.05) is 5.02 Å². The molecule has 0 bridgehead atoms. The Bertz CT molecular complexity index is 689. The fraction of sp³-hybridized carbons (Fsp3) is 0.0667. The smallest absolute Gasteiger partial charge is 0.188 e. The maximum Gasteiger partial charge on any atom is 0.188 e. The molecule has 0 aliphatic heterocycles. The number of rotatable bonds is 3. The summed E-state index contributed by atoms with van der Waals surface area (Å²) in [6.45, 7) is 0. The highest BCUT2D eigenvalue weighted by Crippen LogP contribution is 2.28. The first kappa shape index (κ1) is 14.5. The Morgan fingerprint density at radius 2 is 1.90 bits per heavy atom. The zero-order chi connectivity index (χ0) is 14.7. The van der Waals surface area contributed by atoms with E-state index in [1.54, 1.807) is 18.2 Å². The largest absolute Gasteiger partial charge is 0.292 e. The number of nitriles is 1. The Hall–Kier alpha value is -1.89. The number of Topliss-reactive ketones (excluding diaryl/α,β-unsaturated/α-hetero) is 1. The second-order valence-corrected chi connectivity index (χ2v) is 4.92. The molecule has 0 aliphatic rings. The molecule has 0 amide bonds. The molecule has 0 N–H and O–H groups in total. The van der Waals surface area contributed by atoms with Crippen LogP contribution in [0.25, 0.3) is 0 Å². The van der Waals surface area contributed by atoms with E-state index in [1.165, 1.54) is 18.2 Å². The lowest BCUT2D eigenvalue weighted by Gasteiger charge is -2.11. The first-order valence-electron chi connectivity index (χ1n) is 5.68. The minimum absolute atomic E-state index is 0.0164. The summed E-state index contributed by atoms with van der Waals surface area (Å²) in [6.07, 6.45) is 0. The van der Waals surface area contributed by atoms with Crippen LogP contribution in [0.3, 0.4) is 0 Å². The van der Waals surface area contributed by atoms with Crippen molar-refractivity contribution in [2.45, 2.75) is 5.92 Å². The standard InChI is InChI=1S/C15H8Cl2FNO/c16-10-4-1-3-9(7-10)11(8-19)15(20)14-12(17)5-2-6-13(14)18/h1-7,11H. The minimum Gasteiger partial charge on any atom is -0.292 e. The Labute approximate surface area is 125 Å². The molecule has 0 saturated heterocycles. The number of hydrogen-bond acceptors (Lipinski definition) is 2. The molecule has 2 rings (SSSR count). The quantitative estimate of drug-likeness (QED) is 0.776. The molecular weight excluding hydrogens is 300 g/mol. The van der Waals surface area contributed by atoms with E-state index in [9.17, 15) is 14.4 Å². The van der Waals surface area contributed by atoms with Crippen LogP contribution < -0.4 is 0 Å². The lowest BCUT2D eigenvalue weighted by atomic mass is 9.91. The monoisotopic (exact) mass is 307 g/mol. The molecule has 0 heterocycles. The van der Waals surface area contributed by atoms with E-state index in [4.69, 9.17) is 23.2 Å². The van der Waals surface area contributed by atoms with E-state index in [-0.39, 0.29) is 10.6 Å². The third-order valence-electron chi connectivity index (χ3n) is 2.78. The topological polar surface area (TPSA) is 40.9 Å². The molecule has 2 aromatic rings. The van der Waals surface area contributed by atoms with Gasteiger partial charge in [-0.05, 0) is 29.8 Å². The van der Waals surface area contributed by atoms with Gasteiger partial charge >= 0.3 is 0 Å². The number of carbonyl (C=O) groups excluding carboxylic acids is 1. The maximum atomic E-state index is 13.8. The predicted molar refractivity (Wildman–Crippen MR) is 75.5 cm³/mol. The first-order chi connectivity index (χ1) is 9.54. The van der Waals surface area contributed by atoms with E-state index in [0.29, 0.717) is 10.6 Å². The molecule has 2 nitrogen and oxygen atoms in total.